The summed E-state index contributed by atoms with van der Waals surface area (Å²) in [5.74, 6) is 0.493. The van der Waals surface area contributed by atoms with Crippen LogP contribution >= 0.6 is 0 Å². The highest BCUT2D eigenvalue weighted by Gasteiger charge is 2.17. The molecule has 0 fully saturated rings. The number of rotatable bonds is 2. The largest absolute Gasteiger partial charge is 0.382 e. The van der Waals surface area contributed by atoms with Gasteiger partial charge in [0.05, 0.1) is 24.5 Å². The van der Waals surface area contributed by atoms with E-state index >= 15 is 0 Å². The number of nitrogen functional groups attached to an aromatic ring is 1. The molecule has 3 N–H and O–H groups in total. The van der Waals surface area contributed by atoms with E-state index in [2.05, 4.69) is 33.4 Å². The minimum absolute atomic E-state index is 0.493. The van der Waals surface area contributed by atoms with Crippen molar-refractivity contribution in [3.8, 4) is 22.4 Å². The lowest BCUT2D eigenvalue weighted by atomic mass is 9.99. The van der Waals surface area contributed by atoms with Crippen molar-refractivity contribution in [2.24, 2.45) is 0 Å². The average molecular weight is 278 g/mol. The van der Waals surface area contributed by atoms with Gasteiger partial charge in [-0.25, -0.2) is 0 Å². The molecule has 3 aromatic rings. The average Bonchev–Trinajstić information content (AvgIpc) is 3.13. The number of nitrogens with two attached hydrogens (primary N) is 1. The van der Waals surface area contributed by atoms with Gasteiger partial charge in [0.2, 0.25) is 0 Å². The Morgan fingerprint density at radius 3 is 2.67 bits per heavy atom. The lowest BCUT2D eigenvalue weighted by molar-refractivity contribution is 0.134. The first kappa shape index (κ1) is 12.1. The fourth-order valence-corrected chi connectivity index (χ4v) is 2.70. The molecule has 2 aromatic heterocycles. The van der Waals surface area contributed by atoms with Gasteiger partial charge in [-0.2, -0.15) is 5.10 Å². The third-order valence-electron chi connectivity index (χ3n) is 3.77. The number of benzene rings is 1. The quantitative estimate of drug-likeness (QED) is 0.755. The van der Waals surface area contributed by atoms with Crippen LogP contribution in [0, 0.1) is 0 Å². The fourth-order valence-electron chi connectivity index (χ4n) is 2.70. The summed E-state index contributed by atoms with van der Waals surface area (Å²) in [6.07, 6.45) is 3.50. The minimum Gasteiger partial charge on any atom is -0.382 e. The van der Waals surface area contributed by atoms with Crippen LogP contribution < -0.4 is 5.73 Å². The molecule has 0 saturated carbocycles. The van der Waals surface area contributed by atoms with E-state index in [0.717, 1.165) is 22.4 Å². The summed E-state index contributed by atoms with van der Waals surface area (Å²) in [5.41, 5.74) is 12.4. The van der Waals surface area contributed by atoms with Gasteiger partial charge < -0.3 is 10.5 Å². The standard InChI is InChI=1S/C16H14N4O/c17-16-14(10-3-5-18-6-4-10)15(19-20-16)11-1-2-12-8-21-9-13(12)7-11/h1-7H,8-9H2,(H3,17,19,20). The van der Waals surface area contributed by atoms with E-state index in [-0.39, 0.29) is 0 Å². The number of fused-ring (bicyclic) bond motifs is 1. The number of pyridine rings is 1. The van der Waals surface area contributed by atoms with Crippen LogP contribution in [0.1, 0.15) is 11.1 Å². The number of nitrogens with one attached hydrogen (secondary N) is 1. The molecule has 0 amide bonds. The van der Waals surface area contributed by atoms with E-state index in [4.69, 9.17) is 10.5 Å². The van der Waals surface area contributed by atoms with Crippen LogP contribution in [0.25, 0.3) is 22.4 Å². The Morgan fingerprint density at radius 1 is 1.00 bits per heavy atom. The van der Waals surface area contributed by atoms with Crippen molar-refractivity contribution in [3.63, 3.8) is 0 Å². The second kappa shape index (κ2) is 4.71. The van der Waals surface area contributed by atoms with Crippen molar-refractivity contribution >= 4 is 5.82 Å². The van der Waals surface area contributed by atoms with Crippen LogP contribution in [0.15, 0.2) is 42.7 Å². The molecule has 0 bridgehead atoms. The van der Waals surface area contributed by atoms with Gasteiger partial charge in [-0.1, -0.05) is 12.1 Å². The third-order valence-corrected chi connectivity index (χ3v) is 3.77. The van der Waals surface area contributed by atoms with Gasteiger partial charge in [-0.3, -0.25) is 10.1 Å². The second-order valence-corrected chi connectivity index (χ2v) is 5.07. The first-order valence-corrected chi connectivity index (χ1v) is 6.77. The molecule has 1 aromatic carbocycles. The molecule has 4 rings (SSSR count). The normalized spacial score (nSPS) is 13.3. The molecule has 0 spiro atoms. The lowest BCUT2D eigenvalue weighted by Gasteiger charge is -2.06. The Kier molecular flexibility index (Phi) is 2.72. The first-order valence-electron chi connectivity index (χ1n) is 6.77. The zero-order chi connectivity index (χ0) is 14.2. The summed E-state index contributed by atoms with van der Waals surface area (Å²) in [7, 11) is 0. The maximum Gasteiger partial charge on any atom is 0.153 e. The van der Waals surface area contributed by atoms with Gasteiger partial charge in [0.25, 0.3) is 0 Å². The Hall–Kier alpha value is -2.66. The van der Waals surface area contributed by atoms with Gasteiger partial charge in [0.1, 0.15) is 0 Å². The highest BCUT2D eigenvalue weighted by atomic mass is 16.5. The molecule has 1 aliphatic rings. The highest BCUT2D eigenvalue weighted by Crippen LogP contribution is 2.35. The van der Waals surface area contributed by atoms with Crippen LogP contribution in [0.3, 0.4) is 0 Å². The minimum atomic E-state index is 0.493. The van der Waals surface area contributed by atoms with Crippen LogP contribution in [-0.4, -0.2) is 15.2 Å². The molecule has 104 valence electrons. The predicted molar refractivity (Wildman–Crippen MR) is 80.2 cm³/mol. The molecule has 0 unspecified atom stereocenters. The highest BCUT2D eigenvalue weighted by molar-refractivity contribution is 5.87. The van der Waals surface area contributed by atoms with E-state index < -0.39 is 0 Å². The number of hydrogen-bond acceptors (Lipinski definition) is 4. The van der Waals surface area contributed by atoms with Gasteiger partial charge >= 0.3 is 0 Å². The van der Waals surface area contributed by atoms with Crippen molar-refractivity contribution in [3.05, 3.63) is 53.9 Å². The Balaban J connectivity index is 1.87. The van der Waals surface area contributed by atoms with E-state index in [0.29, 0.717) is 19.0 Å². The molecule has 0 radical (unpaired) electrons. The number of nitrogens with zero attached hydrogens (tertiary/aromatic N) is 2. The zero-order valence-electron chi connectivity index (χ0n) is 11.3. The van der Waals surface area contributed by atoms with Crippen molar-refractivity contribution in [2.45, 2.75) is 13.2 Å². The molecule has 1 aliphatic heterocycles. The number of hydrogen-bond donors (Lipinski definition) is 2. The Morgan fingerprint density at radius 2 is 1.81 bits per heavy atom. The van der Waals surface area contributed by atoms with E-state index in [1.165, 1.54) is 11.1 Å². The van der Waals surface area contributed by atoms with Gasteiger partial charge in [0, 0.05) is 18.0 Å². The molecule has 0 atom stereocenters. The molecule has 3 heterocycles. The zero-order valence-corrected chi connectivity index (χ0v) is 11.3. The fraction of sp³-hybridized carbons (Fsp3) is 0.125. The third kappa shape index (κ3) is 1.98. The summed E-state index contributed by atoms with van der Waals surface area (Å²) in [5, 5.41) is 7.21. The van der Waals surface area contributed by atoms with E-state index in [9.17, 15) is 0 Å². The molecule has 5 nitrogen and oxygen atoms in total. The van der Waals surface area contributed by atoms with E-state index in [1.54, 1.807) is 12.4 Å². The van der Waals surface area contributed by atoms with Crippen molar-refractivity contribution < 1.29 is 4.74 Å². The SMILES string of the molecule is Nc1n[nH]c(-c2ccc3c(c2)COC3)c1-c1ccncc1. The Labute approximate surface area is 121 Å². The van der Waals surface area contributed by atoms with Crippen LogP contribution in [-0.2, 0) is 18.0 Å². The second-order valence-electron chi connectivity index (χ2n) is 5.07. The number of anilines is 1. The monoisotopic (exact) mass is 278 g/mol. The number of H-pyrrole nitrogens is 1. The topological polar surface area (TPSA) is 76.8 Å². The van der Waals surface area contributed by atoms with Crippen molar-refractivity contribution in [2.75, 3.05) is 5.73 Å². The maximum atomic E-state index is 6.04. The lowest BCUT2D eigenvalue weighted by Crippen LogP contribution is -1.90. The maximum absolute atomic E-state index is 6.04. The summed E-state index contributed by atoms with van der Waals surface area (Å²) >= 11 is 0. The van der Waals surface area contributed by atoms with Gasteiger partial charge in [0.15, 0.2) is 5.82 Å². The van der Waals surface area contributed by atoms with Gasteiger partial charge in [-0.15, -0.1) is 0 Å². The summed E-state index contributed by atoms with van der Waals surface area (Å²) < 4.78 is 5.47. The van der Waals surface area contributed by atoms with Crippen LogP contribution in [0.5, 0.6) is 0 Å². The summed E-state index contributed by atoms with van der Waals surface area (Å²) in [6.45, 7) is 1.36. The van der Waals surface area contributed by atoms with E-state index in [1.807, 2.05) is 12.1 Å². The van der Waals surface area contributed by atoms with Crippen LogP contribution in [0.2, 0.25) is 0 Å². The number of aromatic nitrogens is 3. The first-order chi connectivity index (χ1) is 10.3. The number of aromatic amines is 1. The molecular formula is C16H14N4O. The molecular weight excluding hydrogens is 264 g/mol. The summed E-state index contributed by atoms with van der Waals surface area (Å²) in [4.78, 5) is 4.05. The molecule has 0 aliphatic carbocycles. The van der Waals surface area contributed by atoms with Crippen LogP contribution in [0.4, 0.5) is 5.82 Å². The van der Waals surface area contributed by atoms with Crippen molar-refractivity contribution in [1.82, 2.24) is 15.2 Å². The molecule has 21 heavy (non-hydrogen) atoms. The van der Waals surface area contributed by atoms with Gasteiger partial charge in [-0.05, 0) is 34.9 Å². The molecule has 0 saturated heterocycles. The number of ether oxygens (including phenoxy) is 1. The smallest absolute Gasteiger partial charge is 0.153 e. The predicted octanol–water partition coefficient (Wildman–Crippen LogP) is 2.75. The Bertz CT molecular complexity index is 795. The van der Waals surface area contributed by atoms with Crippen molar-refractivity contribution in [1.29, 1.82) is 0 Å². The summed E-state index contributed by atoms with van der Waals surface area (Å²) in [6, 6.07) is 10.2. The molecule has 5 heteroatoms.